The van der Waals surface area contributed by atoms with Crippen LogP contribution in [0.4, 0.5) is 0 Å². The van der Waals surface area contributed by atoms with Crippen LogP contribution in [0.2, 0.25) is 0 Å². The van der Waals surface area contributed by atoms with Gasteiger partial charge in [0, 0.05) is 49.4 Å². The van der Waals surface area contributed by atoms with Gasteiger partial charge in [0.2, 0.25) is 0 Å². The van der Waals surface area contributed by atoms with Crippen LogP contribution in [0.5, 0.6) is 0 Å². The maximum atomic E-state index is 9.26. The maximum absolute atomic E-state index is 9.26. The molecule has 3 heterocycles. The highest BCUT2D eigenvalue weighted by Crippen LogP contribution is 2.43. The fraction of sp³-hybridized carbons (Fsp3) is 0. The van der Waals surface area contributed by atoms with E-state index in [0.29, 0.717) is 11.7 Å². The molecule has 0 saturated carbocycles. The van der Waals surface area contributed by atoms with Crippen LogP contribution in [-0.4, -0.2) is 30.9 Å². The zero-order valence-corrected chi connectivity index (χ0v) is 36.3. The Morgan fingerprint density at radius 2 is 0.940 bits per heavy atom. The first-order valence-corrected chi connectivity index (χ1v) is 22.4. The van der Waals surface area contributed by atoms with Crippen molar-refractivity contribution in [3.63, 3.8) is 0 Å². The molecule has 0 saturated heterocycles. The smallest absolute Gasteiger partial charge is 0.160 e. The Morgan fingerprint density at radius 1 is 0.418 bits per heavy atom. The van der Waals surface area contributed by atoms with Gasteiger partial charge in [-0.2, -0.15) is 0 Å². The molecule has 0 spiro atoms. The van der Waals surface area contributed by atoms with E-state index in [4.69, 9.17) is 15.0 Å². The number of para-hydroxylation sites is 3. The molecule has 7 nitrogen and oxygen atoms in total. The number of amidine groups is 2. The molecule has 67 heavy (non-hydrogen) atoms. The lowest BCUT2D eigenvalue weighted by atomic mass is 10.0. The van der Waals surface area contributed by atoms with Crippen molar-refractivity contribution in [1.82, 2.24) is 19.2 Å². The number of aromatic nitrogens is 4. The van der Waals surface area contributed by atoms with Gasteiger partial charge in [-0.1, -0.05) is 200 Å². The van der Waals surface area contributed by atoms with E-state index in [1.807, 2.05) is 97.1 Å². The zero-order chi connectivity index (χ0) is 44.7. The van der Waals surface area contributed by atoms with E-state index in [1.165, 1.54) is 0 Å². The van der Waals surface area contributed by atoms with Crippen LogP contribution < -0.4 is 5.43 Å². The SMILES string of the molecule is N=C(N=C(Nn1c2ccccc2c2c3c4ccccc4n(-c4ccccc4-c4cc(-c5ccccc5)nc(-c5ccccc5)n4)c3ccc21)c1ccccc1)c1ccc(-c2ccccc2)cc1. The van der Waals surface area contributed by atoms with Crippen molar-refractivity contribution in [2.75, 3.05) is 5.43 Å². The molecular weight excluding hydrogens is 819 g/mol. The van der Waals surface area contributed by atoms with Crippen LogP contribution in [0.25, 0.3) is 94.3 Å². The quantitative estimate of drug-likeness (QED) is 0.118. The van der Waals surface area contributed by atoms with E-state index in [2.05, 4.69) is 154 Å². The van der Waals surface area contributed by atoms with Gasteiger partial charge >= 0.3 is 0 Å². The highest BCUT2D eigenvalue weighted by atomic mass is 15.4. The lowest BCUT2D eigenvalue weighted by molar-refractivity contribution is 1.08. The van der Waals surface area contributed by atoms with Gasteiger partial charge in [-0.05, 0) is 47.5 Å². The number of hydrogen-bond donors (Lipinski definition) is 2. The predicted octanol–water partition coefficient (Wildman–Crippen LogP) is 14.4. The largest absolute Gasteiger partial charge is 0.309 e. The molecule has 2 N–H and O–H groups in total. The first-order valence-electron chi connectivity index (χ1n) is 22.4. The Kier molecular flexibility index (Phi) is 9.84. The second-order valence-electron chi connectivity index (χ2n) is 16.5. The van der Waals surface area contributed by atoms with E-state index in [9.17, 15) is 5.41 Å². The molecule has 0 aliphatic rings. The molecule has 0 aliphatic carbocycles. The summed E-state index contributed by atoms with van der Waals surface area (Å²) in [5.74, 6) is 1.39. The summed E-state index contributed by atoms with van der Waals surface area (Å²) in [7, 11) is 0. The minimum absolute atomic E-state index is 0.159. The van der Waals surface area contributed by atoms with Crippen LogP contribution in [0.1, 0.15) is 11.1 Å². The highest BCUT2D eigenvalue weighted by molar-refractivity contribution is 6.29. The fourth-order valence-corrected chi connectivity index (χ4v) is 9.33. The first kappa shape index (κ1) is 39.4. The van der Waals surface area contributed by atoms with Gasteiger partial charge in [0.05, 0.1) is 39.1 Å². The Bertz CT molecular complexity index is 3760. The van der Waals surface area contributed by atoms with Gasteiger partial charge in [0.25, 0.3) is 0 Å². The number of benzene rings is 9. The monoisotopic (exact) mass is 859 g/mol. The summed E-state index contributed by atoms with van der Waals surface area (Å²) >= 11 is 0. The van der Waals surface area contributed by atoms with Gasteiger partial charge in [-0.15, -0.1) is 0 Å². The van der Waals surface area contributed by atoms with E-state index < -0.39 is 0 Å². The Hall–Kier alpha value is -9.20. The molecule has 0 bridgehead atoms. The normalized spacial score (nSPS) is 11.7. The van der Waals surface area contributed by atoms with Crippen LogP contribution >= 0.6 is 0 Å². The number of fused-ring (bicyclic) bond motifs is 7. The number of aliphatic imine (C=N–C) groups is 1. The number of hydrogen-bond acceptors (Lipinski definition) is 3. The molecule has 0 aliphatic heterocycles. The summed E-state index contributed by atoms with van der Waals surface area (Å²) in [4.78, 5) is 15.4. The van der Waals surface area contributed by atoms with Crippen LogP contribution in [0.15, 0.2) is 242 Å². The van der Waals surface area contributed by atoms with Crippen LogP contribution in [0, 0.1) is 5.41 Å². The number of nitrogens with one attached hydrogen (secondary N) is 2. The molecule has 0 fully saturated rings. The molecule has 0 radical (unpaired) electrons. The first-order chi connectivity index (χ1) is 33.2. The fourth-order valence-electron chi connectivity index (χ4n) is 9.33. The van der Waals surface area contributed by atoms with Crippen molar-refractivity contribution in [2.45, 2.75) is 0 Å². The lowest BCUT2D eigenvalue weighted by Gasteiger charge is -2.16. The van der Waals surface area contributed by atoms with E-state index >= 15 is 0 Å². The second kappa shape index (κ2) is 16.7. The number of nitrogens with zero attached hydrogens (tertiary/aromatic N) is 5. The minimum Gasteiger partial charge on any atom is -0.309 e. The number of rotatable bonds is 8. The summed E-state index contributed by atoms with van der Waals surface area (Å²) in [6.07, 6.45) is 0. The predicted molar refractivity (Wildman–Crippen MR) is 277 cm³/mol. The third kappa shape index (κ3) is 7.12. The Morgan fingerprint density at radius 3 is 1.66 bits per heavy atom. The maximum Gasteiger partial charge on any atom is 0.160 e. The molecule has 0 amide bonds. The zero-order valence-electron chi connectivity index (χ0n) is 36.3. The molecule has 12 aromatic rings. The van der Waals surface area contributed by atoms with Crippen molar-refractivity contribution in [2.24, 2.45) is 4.99 Å². The van der Waals surface area contributed by atoms with Gasteiger partial charge in [-0.3, -0.25) is 15.5 Å². The molecule has 3 aromatic heterocycles. The van der Waals surface area contributed by atoms with Crippen LogP contribution in [0.3, 0.4) is 0 Å². The minimum atomic E-state index is 0.159. The Labute approximate surface area is 387 Å². The summed E-state index contributed by atoms with van der Waals surface area (Å²) < 4.78 is 4.51. The van der Waals surface area contributed by atoms with Crippen molar-refractivity contribution >= 4 is 55.3 Å². The summed E-state index contributed by atoms with van der Waals surface area (Å²) in [6.45, 7) is 0. The molecule has 0 unspecified atom stereocenters. The summed E-state index contributed by atoms with van der Waals surface area (Å²) in [5, 5.41) is 13.8. The molecular formula is C60H41N7. The Balaban J connectivity index is 1.03. The van der Waals surface area contributed by atoms with Crippen molar-refractivity contribution < 1.29 is 0 Å². The van der Waals surface area contributed by atoms with Crippen molar-refractivity contribution in [1.29, 1.82) is 5.41 Å². The highest BCUT2D eigenvalue weighted by Gasteiger charge is 2.23. The van der Waals surface area contributed by atoms with E-state index in [0.717, 1.165) is 99.6 Å². The topological polar surface area (TPSA) is 83.9 Å². The molecule has 7 heteroatoms. The molecule has 0 atom stereocenters. The average molecular weight is 860 g/mol. The third-order valence-electron chi connectivity index (χ3n) is 12.5. The van der Waals surface area contributed by atoms with Crippen molar-refractivity contribution in [3.8, 4) is 50.7 Å². The lowest BCUT2D eigenvalue weighted by Crippen LogP contribution is -2.25. The van der Waals surface area contributed by atoms with Crippen LogP contribution in [-0.2, 0) is 0 Å². The second-order valence-corrected chi connectivity index (χ2v) is 16.5. The summed E-state index contributed by atoms with van der Waals surface area (Å²) in [5.41, 5.74) is 17.4. The van der Waals surface area contributed by atoms with Gasteiger partial charge in [0.15, 0.2) is 17.5 Å². The third-order valence-corrected chi connectivity index (χ3v) is 12.5. The average Bonchev–Trinajstić information content (AvgIpc) is 3.91. The van der Waals surface area contributed by atoms with Crippen molar-refractivity contribution in [3.05, 3.63) is 248 Å². The molecule has 12 rings (SSSR count). The van der Waals surface area contributed by atoms with E-state index in [-0.39, 0.29) is 5.84 Å². The van der Waals surface area contributed by atoms with E-state index in [1.54, 1.807) is 0 Å². The van der Waals surface area contributed by atoms with Gasteiger partial charge < -0.3 is 4.57 Å². The summed E-state index contributed by atoms with van der Waals surface area (Å²) in [6, 6.07) is 81.1. The molecule has 9 aromatic carbocycles. The van der Waals surface area contributed by atoms with Gasteiger partial charge in [-0.25, -0.2) is 15.0 Å². The molecule has 316 valence electrons. The van der Waals surface area contributed by atoms with Gasteiger partial charge in [0.1, 0.15) is 0 Å². The standard InChI is InChI=1S/C60H41N7/c61-58(43-35-33-41(34-36-43)40-19-5-1-6-20-40)64-60(45-25-11-4-12-26-45)65-67-53-32-18-15-29-48(53)57-55(67)38-37-54-56(57)47-28-14-17-31-52(47)66(54)51-30-16-13-27-46(51)50-39-49(42-21-7-2-8-22-42)62-59(63-50)44-23-9-3-10-24-44/h1-39H,(H2,61,64,65).